The molecule has 1 unspecified atom stereocenters. The summed E-state index contributed by atoms with van der Waals surface area (Å²) in [5.74, 6) is 0.505. The molecule has 0 amide bonds. The van der Waals surface area contributed by atoms with E-state index in [-0.39, 0.29) is 0 Å². The predicted molar refractivity (Wildman–Crippen MR) is 94.8 cm³/mol. The van der Waals surface area contributed by atoms with Gasteiger partial charge in [-0.1, -0.05) is 24.3 Å². The van der Waals surface area contributed by atoms with Crippen LogP contribution in [0.5, 0.6) is 0 Å². The monoisotopic (exact) mass is 335 g/mol. The van der Waals surface area contributed by atoms with Crippen LogP contribution in [0.2, 0.25) is 0 Å². The van der Waals surface area contributed by atoms with Crippen LogP contribution in [0, 0.1) is 0 Å². The Morgan fingerprint density at radius 2 is 2.00 bits per heavy atom. The first-order valence-electron chi connectivity index (χ1n) is 8.63. The molecule has 2 heterocycles. The molecule has 1 atom stereocenters. The summed E-state index contributed by atoms with van der Waals surface area (Å²) in [4.78, 5) is 8.74. The van der Waals surface area contributed by atoms with Gasteiger partial charge in [-0.15, -0.1) is 0 Å². The molecule has 25 heavy (non-hydrogen) atoms. The molecule has 1 aliphatic carbocycles. The number of benzene rings is 1. The molecule has 4 rings (SSSR count). The average molecular weight is 335 g/mol. The summed E-state index contributed by atoms with van der Waals surface area (Å²) in [5.41, 5.74) is 4.72. The van der Waals surface area contributed by atoms with Gasteiger partial charge in [0.1, 0.15) is 5.69 Å². The molecule has 0 spiro atoms. The average Bonchev–Trinajstić information content (AvgIpc) is 3.11. The lowest BCUT2D eigenvalue weighted by molar-refractivity contribution is -0.0425. The smallest absolute Gasteiger partial charge is 0.178 e. The van der Waals surface area contributed by atoms with Gasteiger partial charge in [0.2, 0.25) is 0 Å². The molecule has 2 N–H and O–H groups in total. The van der Waals surface area contributed by atoms with Crippen LogP contribution in [0.1, 0.15) is 41.7 Å². The van der Waals surface area contributed by atoms with Crippen molar-refractivity contribution < 1.29 is 10.2 Å². The first kappa shape index (κ1) is 16.0. The second-order valence-electron chi connectivity index (χ2n) is 6.59. The second-order valence-corrected chi connectivity index (χ2v) is 6.59. The zero-order chi connectivity index (χ0) is 17.2. The summed E-state index contributed by atoms with van der Waals surface area (Å²) in [6, 6.07) is 12.0. The van der Waals surface area contributed by atoms with Crippen LogP contribution in [0.25, 0.3) is 11.4 Å². The van der Waals surface area contributed by atoms with E-state index in [1.54, 1.807) is 18.3 Å². The van der Waals surface area contributed by atoms with Gasteiger partial charge in [-0.25, -0.2) is 4.98 Å². The maximum absolute atomic E-state index is 9.31. The number of rotatable bonds is 4. The van der Waals surface area contributed by atoms with Gasteiger partial charge < -0.3 is 14.8 Å². The standard InChI is InChI=1S/C20H21N3O2/c24-20(25)15-8-9-21-18(10-15)19-12-23(13-22-19)11-16-6-3-5-14-4-1-2-7-17(14)16/h1-2,4,7-10,12-13,16,20,24-25H,3,5-6,11H2. The SMILES string of the molecule is OC(O)c1ccnc(-c2cn(CC3CCCc4ccccc43)cn2)c1. The van der Waals surface area contributed by atoms with E-state index in [2.05, 4.69) is 38.8 Å². The van der Waals surface area contributed by atoms with E-state index in [4.69, 9.17) is 0 Å². The third-order valence-electron chi connectivity index (χ3n) is 4.90. The molecule has 3 aromatic rings. The van der Waals surface area contributed by atoms with Gasteiger partial charge in [-0.2, -0.15) is 0 Å². The van der Waals surface area contributed by atoms with Crippen molar-refractivity contribution in [2.24, 2.45) is 0 Å². The highest BCUT2D eigenvalue weighted by molar-refractivity contribution is 5.53. The number of aryl methyl sites for hydroxylation is 1. The molecule has 5 heteroatoms. The van der Waals surface area contributed by atoms with Gasteiger partial charge in [-0.05, 0) is 42.5 Å². The molecule has 1 aromatic carbocycles. The molecule has 0 saturated heterocycles. The number of fused-ring (bicyclic) bond motifs is 1. The fourth-order valence-corrected chi connectivity index (χ4v) is 3.64. The summed E-state index contributed by atoms with van der Waals surface area (Å²) in [6.07, 6.45) is 7.46. The number of imidazole rings is 1. The fourth-order valence-electron chi connectivity index (χ4n) is 3.64. The van der Waals surface area contributed by atoms with Crippen molar-refractivity contribution in [2.75, 3.05) is 0 Å². The maximum Gasteiger partial charge on any atom is 0.178 e. The lowest BCUT2D eigenvalue weighted by atomic mass is 9.83. The molecule has 0 aliphatic heterocycles. The quantitative estimate of drug-likeness (QED) is 0.719. The maximum atomic E-state index is 9.31. The van der Waals surface area contributed by atoms with E-state index >= 15 is 0 Å². The zero-order valence-electron chi connectivity index (χ0n) is 13.9. The molecule has 0 fully saturated rings. The molecule has 0 saturated carbocycles. The fraction of sp³-hybridized carbons (Fsp3) is 0.300. The Hall–Kier alpha value is -2.50. The summed E-state index contributed by atoms with van der Waals surface area (Å²) >= 11 is 0. The van der Waals surface area contributed by atoms with Crippen molar-refractivity contribution in [3.63, 3.8) is 0 Å². The van der Waals surface area contributed by atoms with E-state index in [9.17, 15) is 10.2 Å². The third kappa shape index (κ3) is 3.34. The van der Waals surface area contributed by atoms with Gasteiger partial charge in [0.05, 0.1) is 12.0 Å². The first-order chi connectivity index (χ1) is 12.2. The molecule has 1 aliphatic rings. The van der Waals surface area contributed by atoms with Gasteiger partial charge in [0.25, 0.3) is 0 Å². The third-order valence-corrected chi connectivity index (χ3v) is 4.90. The van der Waals surface area contributed by atoms with Gasteiger partial charge in [0, 0.05) is 30.4 Å². The predicted octanol–water partition coefficient (Wildman–Crippen LogP) is 3.05. The largest absolute Gasteiger partial charge is 0.364 e. The topological polar surface area (TPSA) is 71.2 Å². The number of nitrogens with zero attached hydrogens (tertiary/aromatic N) is 3. The Morgan fingerprint density at radius 1 is 1.12 bits per heavy atom. The van der Waals surface area contributed by atoms with Crippen LogP contribution in [0.15, 0.2) is 55.1 Å². The molecular weight excluding hydrogens is 314 g/mol. The van der Waals surface area contributed by atoms with Crippen molar-refractivity contribution in [3.8, 4) is 11.4 Å². The van der Waals surface area contributed by atoms with Crippen LogP contribution in [-0.4, -0.2) is 24.7 Å². The zero-order valence-corrected chi connectivity index (χ0v) is 13.9. The molecule has 2 aromatic heterocycles. The lowest BCUT2D eigenvalue weighted by Gasteiger charge is -2.25. The minimum absolute atomic E-state index is 0.417. The van der Waals surface area contributed by atoms with E-state index in [0.29, 0.717) is 17.2 Å². The van der Waals surface area contributed by atoms with E-state index < -0.39 is 6.29 Å². The van der Waals surface area contributed by atoms with Crippen LogP contribution in [0.4, 0.5) is 0 Å². The number of aromatic nitrogens is 3. The van der Waals surface area contributed by atoms with Gasteiger partial charge in [-0.3, -0.25) is 4.98 Å². The van der Waals surface area contributed by atoms with Crippen molar-refractivity contribution >= 4 is 0 Å². The Kier molecular flexibility index (Phi) is 4.34. The molecular formula is C20H21N3O2. The van der Waals surface area contributed by atoms with Crippen molar-refractivity contribution in [1.29, 1.82) is 0 Å². The Labute approximate surface area is 146 Å². The number of hydrogen-bond acceptors (Lipinski definition) is 4. The highest BCUT2D eigenvalue weighted by Gasteiger charge is 2.20. The molecule has 128 valence electrons. The summed E-state index contributed by atoms with van der Waals surface area (Å²) in [6.45, 7) is 0.895. The van der Waals surface area contributed by atoms with E-state index in [1.807, 2.05) is 12.5 Å². The van der Waals surface area contributed by atoms with Crippen LogP contribution >= 0.6 is 0 Å². The lowest BCUT2D eigenvalue weighted by Crippen LogP contribution is -2.14. The van der Waals surface area contributed by atoms with Crippen LogP contribution in [0.3, 0.4) is 0 Å². The first-order valence-corrected chi connectivity index (χ1v) is 8.63. The number of hydrogen-bond donors (Lipinski definition) is 2. The molecule has 0 bridgehead atoms. The number of aliphatic hydroxyl groups is 2. The Bertz CT molecular complexity index is 873. The second kappa shape index (κ2) is 6.78. The Morgan fingerprint density at radius 3 is 2.88 bits per heavy atom. The normalized spacial score (nSPS) is 16.8. The highest BCUT2D eigenvalue weighted by Crippen LogP contribution is 2.33. The molecule has 5 nitrogen and oxygen atoms in total. The highest BCUT2D eigenvalue weighted by atomic mass is 16.5. The summed E-state index contributed by atoms with van der Waals surface area (Å²) in [5, 5.41) is 18.6. The van der Waals surface area contributed by atoms with Gasteiger partial charge in [0.15, 0.2) is 6.29 Å². The van der Waals surface area contributed by atoms with Crippen molar-refractivity contribution in [3.05, 3.63) is 71.8 Å². The minimum Gasteiger partial charge on any atom is -0.364 e. The summed E-state index contributed by atoms with van der Waals surface area (Å²) in [7, 11) is 0. The molecule has 0 radical (unpaired) electrons. The van der Waals surface area contributed by atoms with Crippen molar-refractivity contribution in [1.82, 2.24) is 14.5 Å². The van der Waals surface area contributed by atoms with Gasteiger partial charge >= 0.3 is 0 Å². The summed E-state index contributed by atoms with van der Waals surface area (Å²) < 4.78 is 2.10. The van der Waals surface area contributed by atoms with Crippen LogP contribution in [-0.2, 0) is 13.0 Å². The van der Waals surface area contributed by atoms with Crippen LogP contribution < -0.4 is 0 Å². The minimum atomic E-state index is -1.50. The van der Waals surface area contributed by atoms with E-state index in [0.717, 1.165) is 12.2 Å². The number of aliphatic hydroxyl groups excluding tert-OH is 1. The number of pyridine rings is 1. The van der Waals surface area contributed by atoms with Crippen molar-refractivity contribution in [2.45, 2.75) is 38.0 Å². The van der Waals surface area contributed by atoms with E-state index in [1.165, 1.54) is 30.4 Å². The Balaban J connectivity index is 1.56.